The third-order valence-corrected chi connectivity index (χ3v) is 5.25. The Labute approximate surface area is 186 Å². The molecule has 0 aliphatic rings. The van der Waals surface area contributed by atoms with Gasteiger partial charge in [0.25, 0.3) is 0 Å². The second-order valence-corrected chi connectivity index (χ2v) is 8.66. The molecule has 0 aliphatic carbocycles. The number of aromatic carboxylic acids is 1. The van der Waals surface area contributed by atoms with Gasteiger partial charge in [-0.3, -0.25) is 0 Å². The van der Waals surface area contributed by atoms with Crippen LogP contribution in [0.5, 0.6) is 5.75 Å². The lowest BCUT2D eigenvalue weighted by atomic mass is 9.92. The zero-order valence-corrected chi connectivity index (χ0v) is 18.6. The molecule has 0 aliphatic heterocycles. The van der Waals surface area contributed by atoms with Crippen LogP contribution in [0.3, 0.4) is 0 Å². The summed E-state index contributed by atoms with van der Waals surface area (Å²) in [6.07, 6.45) is 0. The van der Waals surface area contributed by atoms with Gasteiger partial charge >= 0.3 is 5.97 Å². The molecule has 0 spiro atoms. The Balaban J connectivity index is 1.59. The lowest BCUT2D eigenvalue weighted by molar-refractivity contribution is 0.0687. The molecule has 0 fully saturated rings. The van der Waals surface area contributed by atoms with E-state index in [1.54, 1.807) is 13.2 Å². The van der Waals surface area contributed by atoms with Crippen molar-refractivity contribution < 1.29 is 14.6 Å². The molecule has 7 nitrogen and oxygen atoms in total. The Bertz CT molecular complexity index is 1270. The molecule has 4 rings (SSSR count). The summed E-state index contributed by atoms with van der Waals surface area (Å²) < 4.78 is 6.67. The number of hydrogen-bond acceptors (Lipinski definition) is 5. The molecule has 0 saturated carbocycles. The first-order valence-corrected chi connectivity index (χ1v) is 10.4. The first-order chi connectivity index (χ1) is 15.2. The summed E-state index contributed by atoms with van der Waals surface area (Å²) in [5.74, 6) is 0.581. The second-order valence-electron chi connectivity index (χ2n) is 8.66. The fraction of sp³-hybridized carbons (Fsp3) is 0.240. The SMILES string of the molecule is COc1ccc(CNc2ccc3cc(-n4nc(C(C)(C)C)cc4C(=O)O)ccc3n2)cc1. The molecule has 0 atom stereocenters. The molecule has 2 aromatic heterocycles. The van der Waals surface area contributed by atoms with Crippen molar-refractivity contribution in [2.24, 2.45) is 0 Å². The Morgan fingerprint density at radius 3 is 2.47 bits per heavy atom. The van der Waals surface area contributed by atoms with Crippen molar-refractivity contribution in [2.45, 2.75) is 32.7 Å². The lowest BCUT2D eigenvalue weighted by Gasteiger charge is -2.14. The van der Waals surface area contributed by atoms with Crippen molar-refractivity contribution in [3.8, 4) is 11.4 Å². The van der Waals surface area contributed by atoms with Gasteiger partial charge in [-0.25, -0.2) is 14.5 Å². The maximum Gasteiger partial charge on any atom is 0.354 e. The zero-order valence-electron chi connectivity index (χ0n) is 18.6. The van der Waals surface area contributed by atoms with E-state index in [1.807, 2.05) is 75.4 Å². The van der Waals surface area contributed by atoms with Crippen molar-refractivity contribution in [1.82, 2.24) is 14.8 Å². The van der Waals surface area contributed by atoms with Crippen LogP contribution in [0.2, 0.25) is 0 Å². The van der Waals surface area contributed by atoms with E-state index in [2.05, 4.69) is 15.4 Å². The molecule has 7 heteroatoms. The van der Waals surface area contributed by atoms with Crippen LogP contribution in [0.4, 0.5) is 5.82 Å². The van der Waals surface area contributed by atoms with Crippen LogP contribution in [-0.4, -0.2) is 33.0 Å². The highest BCUT2D eigenvalue weighted by Gasteiger charge is 2.23. The highest BCUT2D eigenvalue weighted by molar-refractivity contribution is 5.87. The first-order valence-electron chi connectivity index (χ1n) is 10.4. The maximum atomic E-state index is 11.8. The van der Waals surface area contributed by atoms with Crippen LogP contribution in [0, 0.1) is 0 Å². The summed E-state index contributed by atoms with van der Waals surface area (Å²) in [7, 11) is 1.65. The van der Waals surface area contributed by atoms with E-state index >= 15 is 0 Å². The van der Waals surface area contributed by atoms with E-state index in [-0.39, 0.29) is 11.1 Å². The van der Waals surface area contributed by atoms with Gasteiger partial charge in [0.05, 0.1) is 24.0 Å². The fourth-order valence-electron chi connectivity index (χ4n) is 3.38. The fourth-order valence-corrected chi connectivity index (χ4v) is 3.38. The van der Waals surface area contributed by atoms with E-state index in [4.69, 9.17) is 4.74 Å². The zero-order chi connectivity index (χ0) is 22.9. The number of carboxylic acid groups (broad SMARTS) is 1. The molecule has 2 heterocycles. The Morgan fingerprint density at radius 1 is 1.06 bits per heavy atom. The molecular formula is C25H26N4O3. The second kappa shape index (κ2) is 8.34. The van der Waals surface area contributed by atoms with Gasteiger partial charge < -0.3 is 15.2 Å². The van der Waals surface area contributed by atoms with Crippen LogP contribution >= 0.6 is 0 Å². The Morgan fingerprint density at radius 2 is 1.81 bits per heavy atom. The van der Waals surface area contributed by atoms with E-state index in [0.717, 1.165) is 33.7 Å². The number of pyridine rings is 1. The molecule has 4 aromatic rings. The molecule has 0 radical (unpaired) electrons. The lowest BCUT2D eigenvalue weighted by Crippen LogP contribution is -2.12. The number of anilines is 1. The molecule has 2 N–H and O–H groups in total. The van der Waals surface area contributed by atoms with Crippen LogP contribution in [-0.2, 0) is 12.0 Å². The summed E-state index contributed by atoms with van der Waals surface area (Å²) in [6, 6.07) is 19.0. The third-order valence-electron chi connectivity index (χ3n) is 5.25. The number of methoxy groups -OCH3 is 1. The maximum absolute atomic E-state index is 11.8. The van der Waals surface area contributed by atoms with Gasteiger partial charge in [-0.15, -0.1) is 0 Å². The smallest absolute Gasteiger partial charge is 0.354 e. The molecule has 0 saturated heterocycles. The number of fused-ring (bicyclic) bond motifs is 1. The average molecular weight is 431 g/mol. The summed E-state index contributed by atoms with van der Waals surface area (Å²) in [5.41, 5.74) is 3.24. The topological polar surface area (TPSA) is 89.3 Å². The number of nitrogens with zero attached hydrogens (tertiary/aromatic N) is 3. The minimum absolute atomic E-state index is 0.139. The van der Waals surface area contributed by atoms with Gasteiger partial charge in [-0.2, -0.15) is 5.10 Å². The third kappa shape index (κ3) is 4.42. The van der Waals surface area contributed by atoms with Gasteiger partial charge in [0.2, 0.25) is 0 Å². The summed E-state index contributed by atoms with van der Waals surface area (Å²) in [4.78, 5) is 16.5. The van der Waals surface area contributed by atoms with Crippen molar-refractivity contribution in [3.05, 3.63) is 77.6 Å². The number of benzene rings is 2. The predicted molar refractivity (Wildman–Crippen MR) is 125 cm³/mol. The van der Waals surface area contributed by atoms with E-state index in [0.29, 0.717) is 12.2 Å². The van der Waals surface area contributed by atoms with Crippen molar-refractivity contribution in [2.75, 3.05) is 12.4 Å². The van der Waals surface area contributed by atoms with Crippen LogP contribution < -0.4 is 10.1 Å². The number of rotatable bonds is 6. The van der Waals surface area contributed by atoms with Crippen molar-refractivity contribution >= 4 is 22.7 Å². The van der Waals surface area contributed by atoms with Gasteiger partial charge in [-0.1, -0.05) is 32.9 Å². The van der Waals surface area contributed by atoms with Crippen LogP contribution in [0.25, 0.3) is 16.6 Å². The van der Waals surface area contributed by atoms with Gasteiger partial charge in [0, 0.05) is 17.3 Å². The number of ether oxygens (including phenoxy) is 1. The number of carboxylic acids is 1. The quantitative estimate of drug-likeness (QED) is 0.446. The molecular weight excluding hydrogens is 404 g/mol. The Kier molecular flexibility index (Phi) is 5.57. The molecule has 164 valence electrons. The standard InChI is InChI=1S/C25H26N4O3/c1-25(2,3)22-14-21(24(30)31)29(28-22)18-8-11-20-17(13-18)7-12-23(27-20)26-15-16-5-9-19(32-4)10-6-16/h5-14H,15H2,1-4H3,(H,26,27)(H,30,31). The van der Waals surface area contributed by atoms with Gasteiger partial charge in [0.15, 0.2) is 5.69 Å². The molecule has 0 amide bonds. The van der Waals surface area contributed by atoms with Gasteiger partial charge in [-0.05, 0) is 54.1 Å². The molecule has 0 unspecified atom stereocenters. The minimum atomic E-state index is -1.01. The number of aromatic nitrogens is 3. The number of nitrogens with one attached hydrogen (secondary N) is 1. The summed E-state index contributed by atoms with van der Waals surface area (Å²) >= 11 is 0. The average Bonchev–Trinajstić information content (AvgIpc) is 3.24. The summed E-state index contributed by atoms with van der Waals surface area (Å²) in [6.45, 7) is 6.67. The Hall–Kier alpha value is -3.87. The highest BCUT2D eigenvalue weighted by Crippen LogP contribution is 2.25. The predicted octanol–water partition coefficient (Wildman–Crippen LogP) is 5.04. The minimum Gasteiger partial charge on any atom is -0.497 e. The number of hydrogen-bond donors (Lipinski definition) is 2. The first kappa shape index (κ1) is 21.4. The highest BCUT2D eigenvalue weighted by atomic mass is 16.5. The molecule has 32 heavy (non-hydrogen) atoms. The van der Waals surface area contributed by atoms with E-state index < -0.39 is 5.97 Å². The van der Waals surface area contributed by atoms with Crippen molar-refractivity contribution in [3.63, 3.8) is 0 Å². The monoisotopic (exact) mass is 430 g/mol. The van der Waals surface area contributed by atoms with E-state index in [1.165, 1.54) is 4.68 Å². The van der Waals surface area contributed by atoms with Crippen LogP contribution in [0.15, 0.2) is 60.7 Å². The van der Waals surface area contributed by atoms with Crippen molar-refractivity contribution in [1.29, 1.82) is 0 Å². The molecule has 0 bridgehead atoms. The largest absolute Gasteiger partial charge is 0.497 e. The summed E-state index contributed by atoms with van der Waals surface area (Å²) in [5, 5.41) is 18.5. The van der Waals surface area contributed by atoms with Crippen LogP contribution in [0.1, 0.15) is 42.5 Å². The molecule has 2 aromatic carbocycles. The van der Waals surface area contributed by atoms with E-state index in [9.17, 15) is 9.90 Å². The number of carbonyl (C=O) groups is 1. The normalized spacial score (nSPS) is 11.5. The van der Waals surface area contributed by atoms with Gasteiger partial charge in [0.1, 0.15) is 11.6 Å².